The van der Waals surface area contributed by atoms with Crippen molar-refractivity contribution < 1.29 is 18.3 Å². The van der Waals surface area contributed by atoms with Gasteiger partial charge >= 0.3 is 6.61 Å². The third kappa shape index (κ3) is 4.61. The van der Waals surface area contributed by atoms with Crippen LogP contribution in [0.4, 0.5) is 14.6 Å². The Morgan fingerprint density at radius 3 is 2.69 bits per heavy atom. The first kappa shape index (κ1) is 23.3. The van der Waals surface area contributed by atoms with E-state index in [0.29, 0.717) is 34.7 Å². The van der Waals surface area contributed by atoms with Gasteiger partial charge in [0.1, 0.15) is 11.6 Å². The standard InChI is InChI=1S/C25H23ClF2N4O3/c1-30-24(33)18-7-6-16(19-13-23(29-14-20(19)26)31-8-10-34-11-9-31)12-21(18)32(30)15-17-4-2-3-5-22(17)35-25(27)28/h2-7,12-14,25H,8-11,15H2,1H3. The smallest absolute Gasteiger partial charge is 0.387 e. The number of halogens is 3. The van der Waals surface area contributed by atoms with Gasteiger partial charge in [0.15, 0.2) is 0 Å². The van der Waals surface area contributed by atoms with Crippen molar-refractivity contribution in [1.29, 1.82) is 0 Å². The van der Waals surface area contributed by atoms with Crippen LogP contribution >= 0.6 is 11.6 Å². The largest absolute Gasteiger partial charge is 0.434 e. The first-order valence-electron chi connectivity index (χ1n) is 11.1. The average Bonchev–Trinajstić information content (AvgIpc) is 3.10. The van der Waals surface area contributed by atoms with Crippen LogP contribution in [0.2, 0.25) is 5.02 Å². The molecule has 1 aliphatic heterocycles. The quantitative estimate of drug-likeness (QED) is 0.389. The van der Waals surface area contributed by atoms with Gasteiger partial charge in [0.2, 0.25) is 0 Å². The molecule has 2 aromatic carbocycles. The van der Waals surface area contributed by atoms with E-state index in [4.69, 9.17) is 16.3 Å². The lowest BCUT2D eigenvalue weighted by Gasteiger charge is -2.28. The first-order chi connectivity index (χ1) is 16.9. The van der Waals surface area contributed by atoms with Crippen LogP contribution in [0.25, 0.3) is 22.0 Å². The molecule has 0 bridgehead atoms. The Balaban J connectivity index is 1.58. The number of hydrogen-bond donors (Lipinski definition) is 0. The van der Waals surface area contributed by atoms with Crippen molar-refractivity contribution in [3.8, 4) is 16.9 Å². The maximum absolute atomic E-state index is 12.9. The summed E-state index contributed by atoms with van der Waals surface area (Å²) < 4.78 is 39.2. The van der Waals surface area contributed by atoms with E-state index in [1.165, 1.54) is 10.7 Å². The van der Waals surface area contributed by atoms with Crippen molar-refractivity contribution in [2.24, 2.45) is 7.05 Å². The summed E-state index contributed by atoms with van der Waals surface area (Å²) in [6, 6.07) is 14.0. The zero-order valence-electron chi connectivity index (χ0n) is 19.0. The molecule has 0 spiro atoms. The second kappa shape index (κ2) is 9.67. The molecule has 35 heavy (non-hydrogen) atoms. The van der Waals surface area contributed by atoms with E-state index in [1.807, 2.05) is 18.2 Å². The highest BCUT2D eigenvalue weighted by atomic mass is 35.5. The summed E-state index contributed by atoms with van der Waals surface area (Å²) in [5.41, 5.74) is 2.60. The van der Waals surface area contributed by atoms with Gasteiger partial charge in [-0.25, -0.2) is 4.98 Å². The number of ether oxygens (including phenoxy) is 2. The third-order valence-electron chi connectivity index (χ3n) is 6.16. The Bertz CT molecular complexity index is 1430. The zero-order chi connectivity index (χ0) is 24.5. The van der Waals surface area contributed by atoms with Gasteiger partial charge in [-0.1, -0.05) is 35.9 Å². The van der Waals surface area contributed by atoms with Crippen LogP contribution in [0, 0.1) is 0 Å². The van der Waals surface area contributed by atoms with Crippen LogP contribution in [0.5, 0.6) is 5.75 Å². The molecule has 1 saturated heterocycles. The number of aromatic nitrogens is 3. The van der Waals surface area contributed by atoms with Crippen molar-refractivity contribution >= 4 is 28.3 Å². The van der Waals surface area contributed by atoms with E-state index in [0.717, 1.165) is 30.0 Å². The highest BCUT2D eigenvalue weighted by Gasteiger charge is 2.18. The summed E-state index contributed by atoms with van der Waals surface area (Å²) in [6.45, 7) is -0.0128. The second-order valence-corrected chi connectivity index (χ2v) is 8.63. The average molecular weight is 501 g/mol. The number of benzene rings is 2. The number of para-hydroxylation sites is 1. The van der Waals surface area contributed by atoms with Crippen LogP contribution in [0.3, 0.4) is 0 Å². The Labute approximate surface area is 205 Å². The summed E-state index contributed by atoms with van der Waals surface area (Å²) >= 11 is 6.53. The summed E-state index contributed by atoms with van der Waals surface area (Å²) in [4.78, 5) is 19.5. The van der Waals surface area contributed by atoms with Crippen molar-refractivity contribution in [1.82, 2.24) is 14.3 Å². The lowest BCUT2D eigenvalue weighted by atomic mass is 10.0. The third-order valence-corrected chi connectivity index (χ3v) is 6.46. The summed E-state index contributed by atoms with van der Waals surface area (Å²) in [5, 5.41) is 1.00. The van der Waals surface area contributed by atoms with E-state index < -0.39 is 6.61 Å². The van der Waals surface area contributed by atoms with Crippen molar-refractivity contribution in [3.63, 3.8) is 0 Å². The van der Waals surface area contributed by atoms with Gasteiger partial charge in [-0.05, 0) is 29.8 Å². The molecule has 0 aliphatic carbocycles. The number of pyridine rings is 1. The normalized spacial score (nSPS) is 14.1. The van der Waals surface area contributed by atoms with Crippen LogP contribution in [-0.4, -0.2) is 47.3 Å². The maximum atomic E-state index is 12.9. The molecule has 0 atom stereocenters. The molecule has 0 unspecified atom stereocenters. The van der Waals surface area contributed by atoms with Crippen molar-refractivity contribution in [2.75, 3.05) is 31.2 Å². The van der Waals surface area contributed by atoms with Crippen LogP contribution in [0.15, 0.2) is 59.5 Å². The number of morpholine rings is 1. The fourth-order valence-electron chi connectivity index (χ4n) is 4.35. The van der Waals surface area contributed by atoms with Crippen LogP contribution in [-0.2, 0) is 18.3 Å². The fourth-order valence-corrected chi connectivity index (χ4v) is 4.56. The van der Waals surface area contributed by atoms with Gasteiger partial charge < -0.3 is 14.4 Å². The molecule has 1 fully saturated rings. The molecule has 3 heterocycles. The highest BCUT2D eigenvalue weighted by molar-refractivity contribution is 6.33. The molecule has 1 aliphatic rings. The molecular weight excluding hydrogens is 478 g/mol. The first-order valence-corrected chi connectivity index (χ1v) is 11.5. The molecule has 7 nitrogen and oxygen atoms in total. The molecule has 2 aromatic heterocycles. The number of alkyl halides is 2. The highest BCUT2D eigenvalue weighted by Crippen LogP contribution is 2.33. The predicted molar refractivity (Wildman–Crippen MR) is 131 cm³/mol. The number of rotatable bonds is 6. The molecule has 0 N–H and O–H groups in total. The molecule has 4 aromatic rings. The summed E-state index contributed by atoms with van der Waals surface area (Å²) in [6.07, 6.45) is 1.63. The second-order valence-electron chi connectivity index (χ2n) is 8.23. The van der Waals surface area contributed by atoms with Gasteiger partial charge in [-0.2, -0.15) is 8.78 Å². The molecular formula is C25H23ClF2N4O3. The minimum absolute atomic E-state index is 0.0697. The van der Waals surface area contributed by atoms with Crippen LogP contribution in [0.1, 0.15) is 5.56 Å². The van der Waals surface area contributed by atoms with Crippen LogP contribution < -0.4 is 15.2 Å². The fraction of sp³-hybridized carbons (Fsp3) is 0.280. The number of anilines is 1. The summed E-state index contributed by atoms with van der Waals surface area (Å²) in [5.74, 6) is 0.872. The van der Waals surface area contributed by atoms with E-state index in [-0.39, 0.29) is 17.9 Å². The lowest BCUT2D eigenvalue weighted by Crippen LogP contribution is -2.36. The predicted octanol–water partition coefficient (Wildman–Crippen LogP) is 4.54. The minimum Gasteiger partial charge on any atom is -0.434 e. The molecule has 5 rings (SSSR count). The number of nitrogens with zero attached hydrogens (tertiary/aromatic N) is 4. The van der Waals surface area contributed by atoms with E-state index in [9.17, 15) is 13.6 Å². The topological polar surface area (TPSA) is 61.5 Å². The Hall–Kier alpha value is -3.43. The Morgan fingerprint density at radius 2 is 1.91 bits per heavy atom. The van der Waals surface area contributed by atoms with Gasteiger partial charge in [-0.15, -0.1) is 0 Å². The molecule has 0 radical (unpaired) electrons. The summed E-state index contributed by atoms with van der Waals surface area (Å²) in [7, 11) is 1.65. The van der Waals surface area contributed by atoms with Gasteiger partial charge in [0.25, 0.3) is 5.56 Å². The lowest BCUT2D eigenvalue weighted by molar-refractivity contribution is -0.0505. The zero-order valence-corrected chi connectivity index (χ0v) is 19.7. The monoisotopic (exact) mass is 500 g/mol. The molecule has 0 amide bonds. The van der Waals surface area contributed by atoms with Gasteiger partial charge in [0.05, 0.1) is 35.7 Å². The maximum Gasteiger partial charge on any atom is 0.387 e. The molecule has 10 heteroatoms. The molecule has 0 saturated carbocycles. The Kier molecular flexibility index (Phi) is 6.44. The van der Waals surface area contributed by atoms with Gasteiger partial charge in [-0.3, -0.25) is 14.2 Å². The number of fused-ring (bicyclic) bond motifs is 1. The molecule has 182 valence electrons. The van der Waals surface area contributed by atoms with Crippen molar-refractivity contribution in [3.05, 3.63) is 75.7 Å². The van der Waals surface area contributed by atoms with Crippen molar-refractivity contribution in [2.45, 2.75) is 13.2 Å². The van der Waals surface area contributed by atoms with E-state index >= 15 is 0 Å². The van der Waals surface area contributed by atoms with Gasteiger partial charge in [0, 0.05) is 37.5 Å². The number of hydrogen-bond acceptors (Lipinski definition) is 5. The van der Waals surface area contributed by atoms with E-state index in [1.54, 1.807) is 42.2 Å². The SMILES string of the molecule is Cn1c(=O)c2ccc(-c3cc(N4CCOCC4)ncc3Cl)cc2n1Cc1ccccc1OC(F)F. The van der Waals surface area contributed by atoms with E-state index in [2.05, 4.69) is 14.6 Å². The Morgan fingerprint density at radius 1 is 1.14 bits per heavy atom. The minimum atomic E-state index is -2.94.